The zero-order valence-corrected chi connectivity index (χ0v) is 17.4. The van der Waals surface area contributed by atoms with Crippen LogP contribution in [0.5, 0.6) is 0 Å². The minimum Gasteiger partial charge on any atom is -0.435 e. The van der Waals surface area contributed by atoms with Gasteiger partial charge in [-0.1, -0.05) is 23.7 Å². The minimum absolute atomic E-state index is 0.0971. The van der Waals surface area contributed by atoms with Gasteiger partial charge in [-0.05, 0) is 49.2 Å². The zero-order valence-electron chi connectivity index (χ0n) is 16.6. The Kier molecular flexibility index (Phi) is 5.29. The second-order valence-corrected chi connectivity index (χ2v) is 7.18. The van der Waals surface area contributed by atoms with Gasteiger partial charge in [-0.15, -0.1) is 0 Å². The molecule has 0 aliphatic rings. The number of hydrogen-bond acceptors (Lipinski definition) is 6. The second kappa shape index (κ2) is 8.04. The summed E-state index contributed by atoms with van der Waals surface area (Å²) in [7, 11) is 0. The largest absolute Gasteiger partial charge is 0.435 e. The van der Waals surface area contributed by atoms with Gasteiger partial charge < -0.3 is 9.73 Å². The maximum Gasteiger partial charge on any atom is 0.294 e. The molecule has 0 saturated heterocycles. The zero-order chi connectivity index (χ0) is 21.3. The number of carbonyl (C=O) groups is 1. The lowest BCUT2D eigenvalue weighted by Crippen LogP contribution is -2.14. The van der Waals surface area contributed by atoms with Crippen LogP contribution in [0.4, 0.5) is 5.82 Å². The van der Waals surface area contributed by atoms with Crippen molar-refractivity contribution in [2.45, 2.75) is 20.8 Å². The molecule has 4 rings (SSSR count). The van der Waals surface area contributed by atoms with E-state index < -0.39 is 5.91 Å². The summed E-state index contributed by atoms with van der Waals surface area (Å²) in [5.41, 5.74) is 3.90. The number of rotatable bonds is 4. The number of carbonyl (C=O) groups excluding carboxylic acids is 1. The summed E-state index contributed by atoms with van der Waals surface area (Å²) in [6, 6.07) is 10.6. The van der Waals surface area contributed by atoms with E-state index in [-0.39, 0.29) is 5.76 Å². The second-order valence-electron chi connectivity index (χ2n) is 6.74. The Hall–Kier alpha value is -3.58. The van der Waals surface area contributed by atoms with Crippen LogP contribution >= 0.6 is 11.6 Å². The lowest BCUT2D eigenvalue weighted by Gasteiger charge is -2.08. The number of halogens is 1. The number of pyridine rings is 1. The molecule has 1 amide bonds. The van der Waals surface area contributed by atoms with Crippen LogP contribution < -0.4 is 5.32 Å². The van der Waals surface area contributed by atoms with Crippen LogP contribution in [-0.4, -0.2) is 25.8 Å². The van der Waals surface area contributed by atoms with Gasteiger partial charge in [0.2, 0.25) is 5.76 Å². The first-order valence-electron chi connectivity index (χ1n) is 9.22. The maximum absolute atomic E-state index is 12.9. The summed E-state index contributed by atoms with van der Waals surface area (Å²) in [5.74, 6) is 0.788. The van der Waals surface area contributed by atoms with E-state index in [2.05, 4.69) is 25.3 Å². The van der Waals surface area contributed by atoms with E-state index >= 15 is 0 Å². The fourth-order valence-electron chi connectivity index (χ4n) is 2.96. The molecule has 0 saturated carbocycles. The molecule has 0 unspecified atom stereocenters. The summed E-state index contributed by atoms with van der Waals surface area (Å²) < 4.78 is 5.57. The summed E-state index contributed by atoms with van der Waals surface area (Å²) in [5, 5.41) is 3.36. The molecule has 4 aromatic rings. The highest BCUT2D eigenvalue weighted by molar-refractivity contribution is 6.30. The number of aryl methyl sites for hydroxylation is 2. The van der Waals surface area contributed by atoms with Crippen molar-refractivity contribution < 1.29 is 9.21 Å². The average molecular weight is 420 g/mol. The molecule has 1 aromatic carbocycles. The SMILES string of the molecule is Cc1nc(-c2ccc(Cl)cc2)c(C(=O)Nc2ccnc(-c3nccc(C)c3C)n2)o1. The molecule has 0 bridgehead atoms. The molecular weight excluding hydrogens is 402 g/mol. The smallest absolute Gasteiger partial charge is 0.294 e. The summed E-state index contributed by atoms with van der Waals surface area (Å²) in [4.78, 5) is 30.4. The van der Waals surface area contributed by atoms with Crippen LogP contribution in [-0.2, 0) is 0 Å². The van der Waals surface area contributed by atoms with Gasteiger partial charge in [-0.3, -0.25) is 9.78 Å². The quantitative estimate of drug-likeness (QED) is 0.498. The first-order valence-corrected chi connectivity index (χ1v) is 9.60. The minimum atomic E-state index is -0.459. The van der Waals surface area contributed by atoms with Crippen LogP contribution in [0.1, 0.15) is 27.6 Å². The van der Waals surface area contributed by atoms with Gasteiger partial charge in [0.25, 0.3) is 5.91 Å². The number of benzene rings is 1. The highest BCUT2D eigenvalue weighted by Gasteiger charge is 2.21. The first kappa shape index (κ1) is 19.7. The lowest BCUT2D eigenvalue weighted by molar-refractivity contribution is 0.0996. The van der Waals surface area contributed by atoms with Crippen molar-refractivity contribution in [3.8, 4) is 22.8 Å². The molecule has 30 heavy (non-hydrogen) atoms. The van der Waals surface area contributed by atoms with Crippen molar-refractivity contribution in [1.82, 2.24) is 19.9 Å². The predicted octanol–water partition coefficient (Wildman–Crippen LogP) is 5.02. The van der Waals surface area contributed by atoms with Crippen LogP contribution in [0.25, 0.3) is 22.8 Å². The number of amides is 1. The van der Waals surface area contributed by atoms with E-state index in [1.54, 1.807) is 49.6 Å². The molecule has 0 spiro atoms. The monoisotopic (exact) mass is 419 g/mol. The Labute approximate surface area is 178 Å². The molecule has 150 valence electrons. The van der Waals surface area contributed by atoms with Crippen LogP contribution in [0, 0.1) is 20.8 Å². The molecule has 0 aliphatic heterocycles. The van der Waals surface area contributed by atoms with Crippen LogP contribution in [0.15, 0.2) is 53.2 Å². The number of nitrogens with zero attached hydrogens (tertiary/aromatic N) is 4. The summed E-state index contributed by atoms with van der Waals surface area (Å²) in [6.45, 7) is 5.64. The normalized spacial score (nSPS) is 10.8. The molecular formula is C22H18ClN5O2. The number of oxazole rings is 1. The third-order valence-electron chi connectivity index (χ3n) is 4.64. The highest BCUT2D eigenvalue weighted by atomic mass is 35.5. The Morgan fingerprint density at radius 2 is 1.67 bits per heavy atom. The number of nitrogens with one attached hydrogen (secondary N) is 1. The average Bonchev–Trinajstić information content (AvgIpc) is 3.13. The molecule has 3 heterocycles. The van der Waals surface area contributed by atoms with Crippen molar-refractivity contribution in [3.05, 3.63) is 76.6 Å². The van der Waals surface area contributed by atoms with Crippen molar-refractivity contribution >= 4 is 23.3 Å². The molecule has 0 aliphatic carbocycles. The van der Waals surface area contributed by atoms with Gasteiger partial charge in [-0.25, -0.2) is 15.0 Å². The van der Waals surface area contributed by atoms with E-state index in [0.717, 1.165) is 16.7 Å². The Bertz CT molecular complexity index is 1230. The summed E-state index contributed by atoms with van der Waals surface area (Å²) in [6.07, 6.45) is 3.29. The van der Waals surface area contributed by atoms with Crippen molar-refractivity contribution in [3.63, 3.8) is 0 Å². The maximum atomic E-state index is 12.9. The van der Waals surface area contributed by atoms with E-state index in [0.29, 0.717) is 33.9 Å². The molecule has 0 fully saturated rings. The van der Waals surface area contributed by atoms with E-state index in [4.69, 9.17) is 16.0 Å². The van der Waals surface area contributed by atoms with Gasteiger partial charge in [0, 0.05) is 29.9 Å². The third-order valence-corrected chi connectivity index (χ3v) is 4.89. The molecule has 0 radical (unpaired) electrons. The van der Waals surface area contributed by atoms with E-state index in [1.807, 2.05) is 19.9 Å². The van der Waals surface area contributed by atoms with Gasteiger partial charge >= 0.3 is 0 Å². The predicted molar refractivity (Wildman–Crippen MR) is 114 cm³/mol. The molecule has 7 nitrogen and oxygen atoms in total. The van der Waals surface area contributed by atoms with Crippen LogP contribution in [0.3, 0.4) is 0 Å². The molecule has 8 heteroatoms. The van der Waals surface area contributed by atoms with Crippen molar-refractivity contribution in [1.29, 1.82) is 0 Å². The standard InChI is InChI=1S/C22H18ClN5O2/c1-12-8-10-24-18(13(12)2)21-25-11-9-17(27-21)28-22(29)20-19(26-14(3)30-20)15-4-6-16(23)7-5-15/h4-11H,1-3H3,(H,25,27,28,29). The molecule has 1 N–H and O–H groups in total. The number of anilines is 1. The third kappa shape index (κ3) is 3.92. The Balaban J connectivity index is 1.64. The lowest BCUT2D eigenvalue weighted by atomic mass is 10.1. The molecule has 3 aromatic heterocycles. The topological polar surface area (TPSA) is 93.8 Å². The van der Waals surface area contributed by atoms with Crippen molar-refractivity contribution in [2.24, 2.45) is 0 Å². The number of hydrogen-bond donors (Lipinski definition) is 1. The van der Waals surface area contributed by atoms with Gasteiger partial charge in [0.05, 0.1) is 0 Å². The van der Waals surface area contributed by atoms with E-state index in [1.165, 1.54) is 0 Å². The van der Waals surface area contributed by atoms with Gasteiger partial charge in [-0.2, -0.15) is 0 Å². The van der Waals surface area contributed by atoms with Gasteiger partial charge in [0.1, 0.15) is 17.2 Å². The highest BCUT2D eigenvalue weighted by Crippen LogP contribution is 2.26. The van der Waals surface area contributed by atoms with Crippen LogP contribution in [0.2, 0.25) is 5.02 Å². The Morgan fingerprint density at radius 3 is 2.43 bits per heavy atom. The first-order chi connectivity index (χ1) is 14.4. The number of aromatic nitrogens is 4. The molecule has 0 atom stereocenters. The Morgan fingerprint density at radius 1 is 0.933 bits per heavy atom. The summed E-state index contributed by atoms with van der Waals surface area (Å²) >= 11 is 5.96. The van der Waals surface area contributed by atoms with Crippen molar-refractivity contribution in [2.75, 3.05) is 5.32 Å². The van der Waals surface area contributed by atoms with Gasteiger partial charge in [0.15, 0.2) is 11.7 Å². The fourth-order valence-corrected chi connectivity index (χ4v) is 3.08. The van der Waals surface area contributed by atoms with E-state index in [9.17, 15) is 4.79 Å². The fraction of sp³-hybridized carbons (Fsp3) is 0.136.